The average Bonchev–Trinajstić information content (AvgIpc) is 2.55. The van der Waals surface area contributed by atoms with Crippen LogP contribution in [0.5, 0.6) is 0 Å². The van der Waals surface area contributed by atoms with Gasteiger partial charge in [-0.15, -0.1) is 5.10 Å². The van der Waals surface area contributed by atoms with E-state index in [1.54, 1.807) is 6.21 Å². The molecule has 0 bridgehead atoms. The second-order valence-electron chi connectivity index (χ2n) is 5.39. The van der Waals surface area contributed by atoms with E-state index in [4.69, 9.17) is 5.73 Å². The Hall–Kier alpha value is -2.27. The van der Waals surface area contributed by atoms with Crippen molar-refractivity contribution in [2.24, 2.45) is 15.9 Å². The fourth-order valence-corrected chi connectivity index (χ4v) is 2.60. The highest BCUT2D eigenvalue weighted by Crippen LogP contribution is 2.16. The predicted molar refractivity (Wildman–Crippen MR) is 102 cm³/mol. The van der Waals surface area contributed by atoms with Gasteiger partial charge < -0.3 is 10.6 Å². The summed E-state index contributed by atoms with van der Waals surface area (Å²) in [6, 6.07) is 16.4. The van der Waals surface area contributed by atoms with Crippen LogP contribution in [0.2, 0.25) is 0 Å². The maximum absolute atomic E-state index is 5.88. The standard InChI is InChI=1S/C18H22N4S/c1-14-11-17(22(2)3)10-9-16(14)12-20-21-18(19)23-13-15-7-5-4-6-8-15/h4-12H,13H2,1-3H3,(H2,19,21). The molecule has 0 heterocycles. The Balaban J connectivity index is 1.94. The summed E-state index contributed by atoms with van der Waals surface area (Å²) < 4.78 is 0. The number of benzene rings is 2. The molecule has 0 unspecified atom stereocenters. The fourth-order valence-electron chi connectivity index (χ4n) is 1.99. The summed E-state index contributed by atoms with van der Waals surface area (Å²) in [5, 5.41) is 8.61. The van der Waals surface area contributed by atoms with E-state index < -0.39 is 0 Å². The van der Waals surface area contributed by atoms with Crippen molar-refractivity contribution in [1.82, 2.24) is 0 Å². The van der Waals surface area contributed by atoms with Gasteiger partial charge in [-0.05, 0) is 35.7 Å². The van der Waals surface area contributed by atoms with Gasteiger partial charge in [-0.25, -0.2) is 0 Å². The van der Waals surface area contributed by atoms with Crippen LogP contribution in [0.3, 0.4) is 0 Å². The monoisotopic (exact) mass is 326 g/mol. The maximum atomic E-state index is 5.88. The molecule has 0 saturated heterocycles. The number of anilines is 1. The van der Waals surface area contributed by atoms with Crippen LogP contribution in [0.25, 0.3) is 0 Å². The van der Waals surface area contributed by atoms with Gasteiger partial charge in [0, 0.05) is 25.5 Å². The van der Waals surface area contributed by atoms with Crippen LogP contribution < -0.4 is 10.6 Å². The molecular formula is C18H22N4S. The first-order valence-electron chi connectivity index (χ1n) is 7.37. The molecule has 0 aliphatic carbocycles. The highest BCUT2D eigenvalue weighted by Gasteiger charge is 2.00. The Morgan fingerprint density at radius 1 is 1.17 bits per heavy atom. The SMILES string of the molecule is Cc1cc(N(C)C)ccc1C=NN=C(N)SCc1ccccc1. The molecule has 23 heavy (non-hydrogen) atoms. The molecule has 0 atom stereocenters. The minimum atomic E-state index is 0.465. The summed E-state index contributed by atoms with van der Waals surface area (Å²) in [6.07, 6.45) is 1.74. The minimum absolute atomic E-state index is 0.465. The lowest BCUT2D eigenvalue weighted by molar-refractivity contribution is 1.13. The molecule has 0 aromatic heterocycles. The van der Waals surface area contributed by atoms with Gasteiger partial charge >= 0.3 is 0 Å². The molecule has 5 heteroatoms. The second kappa shape index (κ2) is 8.39. The van der Waals surface area contributed by atoms with Crippen molar-refractivity contribution < 1.29 is 0 Å². The van der Waals surface area contributed by atoms with Crippen molar-refractivity contribution in [3.05, 3.63) is 65.2 Å². The van der Waals surface area contributed by atoms with Crippen LogP contribution in [0.4, 0.5) is 5.69 Å². The van der Waals surface area contributed by atoms with Crippen molar-refractivity contribution in [2.45, 2.75) is 12.7 Å². The summed E-state index contributed by atoms with van der Waals surface area (Å²) in [6.45, 7) is 2.06. The minimum Gasteiger partial charge on any atom is -0.378 e. The third-order valence-corrected chi connectivity index (χ3v) is 4.21. The van der Waals surface area contributed by atoms with E-state index in [2.05, 4.69) is 46.3 Å². The summed E-state index contributed by atoms with van der Waals surface area (Å²) in [5.74, 6) is 0.794. The molecule has 0 fully saturated rings. The highest BCUT2D eigenvalue weighted by molar-refractivity contribution is 8.13. The number of amidine groups is 1. The number of nitrogens with two attached hydrogens (primary N) is 1. The van der Waals surface area contributed by atoms with Gasteiger partial charge in [0.15, 0.2) is 5.17 Å². The van der Waals surface area contributed by atoms with Crippen molar-refractivity contribution in [1.29, 1.82) is 0 Å². The fraction of sp³-hybridized carbons (Fsp3) is 0.222. The van der Waals surface area contributed by atoms with Crippen LogP contribution in [-0.4, -0.2) is 25.5 Å². The zero-order valence-corrected chi connectivity index (χ0v) is 14.5. The summed E-state index contributed by atoms with van der Waals surface area (Å²) >= 11 is 1.48. The molecule has 0 amide bonds. The highest BCUT2D eigenvalue weighted by atomic mass is 32.2. The quantitative estimate of drug-likeness (QED) is 0.518. The van der Waals surface area contributed by atoms with Crippen LogP contribution >= 0.6 is 11.8 Å². The van der Waals surface area contributed by atoms with E-state index in [1.165, 1.54) is 23.0 Å². The molecule has 2 rings (SSSR count). The van der Waals surface area contributed by atoms with Crippen LogP contribution in [-0.2, 0) is 5.75 Å². The number of hydrogen-bond donors (Lipinski definition) is 1. The van der Waals surface area contributed by atoms with Gasteiger partial charge in [-0.3, -0.25) is 0 Å². The van der Waals surface area contributed by atoms with E-state index >= 15 is 0 Å². The first kappa shape index (κ1) is 17.1. The Labute approximate surface area is 142 Å². The first-order valence-corrected chi connectivity index (χ1v) is 8.36. The first-order chi connectivity index (χ1) is 11.1. The molecular weight excluding hydrogens is 304 g/mol. The van der Waals surface area contributed by atoms with Crippen LogP contribution in [0.15, 0.2) is 58.7 Å². The Morgan fingerprint density at radius 3 is 2.57 bits per heavy atom. The largest absolute Gasteiger partial charge is 0.378 e. The van der Waals surface area contributed by atoms with Crippen molar-refractivity contribution in [3.63, 3.8) is 0 Å². The third-order valence-electron chi connectivity index (χ3n) is 3.35. The van der Waals surface area contributed by atoms with E-state index in [1.807, 2.05) is 38.4 Å². The van der Waals surface area contributed by atoms with Gasteiger partial charge in [0.2, 0.25) is 0 Å². The second-order valence-corrected chi connectivity index (χ2v) is 6.39. The molecule has 4 nitrogen and oxygen atoms in total. The van der Waals surface area contributed by atoms with Gasteiger partial charge in [-0.1, -0.05) is 48.2 Å². The van der Waals surface area contributed by atoms with Crippen molar-refractivity contribution >= 4 is 28.8 Å². The number of nitrogens with zero attached hydrogens (tertiary/aromatic N) is 3. The van der Waals surface area contributed by atoms with Crippen molar-refractivity contribution in [2.75, 3.05) is 19.0 Å². The molecule has 2 aromatic rings. The number of thioether (sulfide) groups is 1. The lowest BCUT2D eigenvalue weighted by Gasteiger charge is -2.13. The lowest BCUT2D eigenvalue weighted by atomic mass is 10.1. The Morgan fingerprint density at radius 2 is 1.91 bits per heavy atom. The van der Waals surface area contributed by atoms with Crippen LogP contribution in [0.1, 0.15) is 16.7 Å². The van der Waals surface area contributed by atoms with Gasteiger partial charge in [0.05, 0.1) is 6.21 Å². The van der Waals surface area contributed by atoms with Gasteiger partial charge in [0.25, 0.3) is 0 Å². The Kier molecular flexibility index (Phi) is 6.23. The number of hydrogen-bond acceptors (Lipinski definition) is 4. The zero-order chi connectivity index (χ0) is 16.7. The van der Waals surface area contributed by atoms with Crippen molar-refractivity contribution in [3.8, 4) is 0 Å². The molecule has 0 aliphatic heterocycles. The van der Waals surface area contributed by atoms with E-state index in [0.29, 0.717) is 5.17 Å². The zero-order valence-electron chi connectivity index (χ0n) is 13.7. The molecule has 2 N–H and O–H groups in total. The molecule has 0 radical (unpaired) electrons. The van der Waals surface area contributed by atoms with Gasteiger partial charge in [0.1, 0.15) is 0 Å². The van der Waals surface area contributed by atoms with Crippen LogP contribution in [0, 0.1) is 6.92 Å². The lowest BCUT2D eigenvalue weighted by Crippen LogP contribution is -2.09. The van der Waals surface area contributed by atoms with E-state index in [-0.39, 0.29) is 0 Å². The predicted octanol–water partition coefficient (Wildman–Crippen LogP) is 3.64. The molecule has 0 spiro atoms. The number of aryl methyl sites for hydroxylation is 1. The average molecular weight is 326 g/mol. The number of rotatable bonds is 5. The normalized spacial score (nSPS) is 11.9. The molecule has 120 valence electrons. The Bertz CT molecular complexity index is 693. The maximum Gasteiger partial charge on any atom is 0.180 e. The molecule has 0 saturated carbocycles. The summed E-state index contributed by atoms with van der Waals surface area (Å²) in [4.78, 5) is 2.07. The smallest absolute Gasteiger partial charge is 0.180 e. The van der Waals surface area contributed by atoms with E-state index in [0.717, 1.165) is 16.9 Å². The topological polar surface area (TPSA) is 54.0 Å². The molecule has 0 aliphatic rings. The van der Waals surface area contributed by atoms with Gasteiger partial charge in [-0.2, -0.15) is 5.10 Å². The molecule has 2 aromatic carbocycles. The third kappa shape index (κ3) is 5.45. The summed E-state index contributed by atoms with van der Waals surface area (Å²) in [5.41, 5.74) is 10.5. The van der Waals surface area contributed by atoms with E-state index in [9.17, 15) is 0 Å². The summed E-state index contributed by atoms with van der Waals surface area (Å²) in [7, 11) is 4.05.